The van der Waals surface area contributed by atoms with Crippen molar-refractivity contribution in [3.05, 3.63) is 10.8 Å². The first-order valence-electron chi connectivity index (χ1n) is 7.35. The second kappa shape index (κ2) is 6.89. The lowest BCUT2D eigenvalue weighted by Crippen LogP contribution is -2.50. The highest BCUT2D eigenvalue weighted by atomic mass is 79.9. The number of β-amino-alcohol motifs (C(OH)–C–C–N with tert-alkyl or cyclic N) is 1. The Hall–Kier alpha value is -0.920. The molecular weight excluding hydrogens is 334 g/mol. The van der Waals surface area contributed by atoms with Crippen LogP contribution in [0.3, 0.4) is 0 Å². The Balaban J connectivity index is 2.01. The van der Waals surface area contributed by atoms with E-state index in [1.807, 2.05) is 20.8 Å². The molecule has 0 atom stereocenters. The van der Waals surface area contributed by atoms with Crippen molar-refractivity contribution in [2.24, 2.45) is 0 Å². The summed E-state index contributed by atoms with van der Waals surface area (Å²) in [6.07, 6.45) is 1.60. The van der Waals surface area contributed by atoms with E-state index in [2.05, 4.69) is 41.0 Å². The zero-order chi connectivity index (χ0) is 15.5. The molecular formula is C14H24BrN5O. The van der Waals surface area contributed by atoms with E-state index in [1.165, 1.54) is 0 Å². The lowest BCUT2D eigenvalue weighted by Gasteiger charge is -2.38. The van der Waals surface area contributed by atoms with Gasteiger partial charge in [-0.15, -0.1) is 0 Å². The first-order chi connectivity index (χ1) is 9.90. The summed E-state index contributed by atoms with van der Waals surface area (Å²) in [4.78, 5) is 13.2. The largest absolute Gasteiger partial charge is 0.389 e. The van der Waals surface area contributed by atoms with Crippen LogP contribution in [0.5, 0.6) is 0 Å². The topological polar surface area (TPSA) is 64.5 Å². The van der Waals surface area contributed by atoms with Crippen molar-refractivity contribution in [1.82, 2.24) is 14.9 Å². The molecule has 2 N–H and O–H groups in total. The van der Waals surface area contributed by atoms with E-state index in [0.29, 0.717) is 6.54 Å². The Morgan fingerprint density at radius 1 is 1.29 bits per heavy atom. The van der Waals surface area contributed by atoms with Gasteiger partial charge in [0.1, 0.15) is 22.4 Å². The third kappa shape index (κ3) is 4.52. The molecule has 1 saturated heterocycles. The van der Waals surface area contributed by atoms with Crippen molar-refractivity contribution in [3.63, 3.8) is 0 Å². The Kier molecular flexibility index (Phi) is 5.40. The van der Waals surface area contributed by atoms with Crippen molar-refractivity contribution < 1.29 is 5.11 Å². The molecule has 2 heterocycles. The molecule has 0 aromatic carbocycles. The van der Waals surface area contributed by atoms with Crippen LogP contribution in [-0.2, 0) is 0 Å². The third-order valence-corrected chi connectivity index (χ3v) is 4.13. The van der Waals surface area contributed by atoms with Crippen molar-refractivity contribution in [3.8, 4) is 0 Å². The predicted octanol–water partition coefficient (Wildman–Crippen LogP) is 1.56. The Morgan fingerprint density at radius 3 is 2.52 bits per heavy atom. The molecule has 1 aliphatic heterocycles. The fourth-order valence-electron chi connectivity index (χ4n) is 2.54. The van der Waals surface area contributed by atoms with Crippen LogP contribution in [0.2, 0.25) is 0 Å². The Labute approximate surface area is 134 Å². The highest BCUT2D eigenvalue weighted by Gasteiger charge is 2.24. The summed E-state index contributed by atoms with van der Waals surface area (Å²) in [7, 11) is 0. The summed E-state index contributed by atoms with van der Waals surface area (Å²) in [5, 5.41) is 13.1. The van der Waals surface area contributed by atoms with Crippen LogP contribution >= 0.6 is 15.9 Å². The van der Waals surface area contributed by atoms with Crippen molar-refractivity contribution in [1.29, 1.82) is 0 Å². The molecule has 0 saturated carbocycles. The summed E-state index contributed by atoms with van der Waals surface area (Å²) in [6.45, 7) is 10.9. The molecule has 2 rings (SSSR count). The highest BCUT2D eigenvalue weighted by Crippen LogP contribution is 2.30. The predicted molar refractivity (Wildman–Crippen MR) is 88.8 cm³/mol. The van der Waals surface area contributed by atoms with Gasteiger partial charge in [-0.3, -0.25) is 4.90 Å². The molecule has 7 heteroatoms. The average Bonchev–Trinajstić information content (AvgIpc) is 2.41. The minimum Gasteiger partial charge on any atom is -0.389 e. The molecule has 0 aliphatic carbocycles. The molecule has 1 aliphatic rings. The number of aromatic nitrogens is 2. The first-order valence-corrected chi connectivity index (χ1v) is 8.14. The van der Waals surface area contributed by atoms with Gasteiger partial charge in [0.05, 0.1) is 5.60 Å². The van der Waals surface area contributed by atoms with Crippen LogP contribution in [0.1, 0.15) is 20.8 Å². The summed E-state index contributed by atoms with van der Waals surface area (Å²) < 4.78 is 0.919. The molecule has 1 aromatic heterocycles. The van der Waals surface area contributed by atoms with Crippen molar-refractivity contribution in [2.75, 3.05) is 49.5 Å². The maximum atomic E-state index is 9.90. The maximum absolute atomic E-state index is 9.90. The van der Waals surface area contributed by atoms with Crippen molar-refractivity contribution >= 4 is 27.6 Å². The minimum atomic E-state index is -0.643. The zero-order valence-electron chi connectivity index (χ0n) is 12.9. The molecule has 0 unspecified atom stereocenters. The SMILES string of the molecule is CCNc1ncnc(N2CCN(CC(C)(C)O)CC2)c1Br. The second-order valence-electron chi connectivity index (χ2n) is 5.97. The van der Waals surface area contributed by atoms with Gasteiger partial charge in [0.15, 0.2) is 0 Å². The van der Waals surface area contributed by atoms with E-state index in [1.54, 1.807) is 6.33 Å². The van der Waals surface area contributed by atoms with Crippen LogP contribution < -0.4 is 10.2 Å². The number of hydrogen-bond donors (Lipinski definition) is 2. The van der Waals surface area contributed by atoms with Gasteiger partial charge in [-0.2, -0.15) is 0 Å². The summed E-state index contributed by atoms with van der Waals surface area (Å²) in [5.41, 5.74) is -0.643. The monoisotopic (exact) mass is 357 g/mol. The number of aliphatic hydroxyl groups is 1. The quantitative estimate of drug-likeness (QED) is 0.833. The number of piperazine rings is 1. The van der Waals surface area contributed by atoms with E-state index in [0.717, 1.165) is 48.8 Å². The molecule has 0 spiro atoms. The molecule has 0 radical (unpaired) electrons. The molecule has 1 fully saturated rings. The van der Waals surface area contributed by atoms with Gasteiger partial charge in [-0.1, -0.05) is 0 Å². The molecule has 1 aromatic rings. The first kappa shape index (κ1) is 16.5. The van der Waals surface area contributed by atoms with Crippen LogP contribution in [0.15, 0.2) is 10.8 Å². The number of anilines is 2. The summed E-state index contributed by atoms with van der Waals surface area (Å²) in [5.74, 6) is 1.77. The smallest absolute Gasteiger partial charge is 0.148 e. The summed E-state index contributed by atoms with van der Waals surface area (Å²) >= 11 is 3.60. The van der Waals surface area contributed by atoms with E-state index >= 15 is 0 Å². The number of nitrogens with one attached hydrogen (secondary N) is 1. The normalized spacial score (nSPS) is 17.1. The Bertz CT molecular complexity index is 469. The van der Waals surface area contributed by atoms with Crippen LogP contribution in [0, 0.1) is 0 Å². The minimum absolute atomic E-state index is 0.643. The molecule has 118 valence electrons. The number of halogens is 1. The van der Waals surface area contributed by atoms with Crippen LogP contribution in [0.4, 0.5) is 11.6 Å². The fraction of sp³-hybridized carbons (Fsp3) is 0.714. The highest BCUT2D eigenvalue weighted by molar-refractivity contribution is 9.10. The second-order valence-corrected chi connectivity index (χ2v) is 6.76. The molecule has 0 bridgehead atoms. The maximum Gasteiger partial charge on any atom is 0.148 e. The van der Waals surface area contributed by atoms with E-state index in [9.17, 15) is 5.11 Å². The van der Waals surface area contributed by atoms with Gasteiger partial charge in [-0.25, -0.2) is 9.97 Å². The van der Waals surface area contributed by atoms with Crippen LogP contribution in [-0.4, -0.2) is 64.8 Å². The van der Waals surface area contributed by atoms with Gasteiger partial charge in [-0.05, 0) is 36.7 Å². The number of nitrogens with zero attached hydrogens (tertiary/aromatic N) is 4. The third-order valence-electron chi connectivity index (χ3n) is 3.40. The number of rotatable bonds is 5. The van der Waals surface area contributed by atoms with Gasteiger partial charge in [0, 0.05) is 39.3 Å². The fourth-order valence-corrected chi connectivity index (χ4v) is 3.13. The molecule has 6 nitrogen and oxygen atoms in total. The zero-order valence-corrected chi connectivity index (χ0v) is 14.5. The van der Waals surface area contributed by atoms with E-state index in [-0.39, 0.29) is 0 Å². The molecule has 21 heavy (non-hydrogen) atoms. The van der Waals surface area contributed by atoms with Gasteiger partial charge in [0.2, 0.25) is 0 Å². The lowest BCUT2D eigenvalue weighted by atomic mass is 10.1. The van der Waals surface area contributed by atoms with E-state index < -0.39 is 5.60 Å². The number of hydrogen-bond acceptors (Lipinski definition) is 6. The van der Waals surface area contributed by atoms with Crippen molar-refractivity contribution in [2.45, 2.75) is 26.4 Å². The van der Waals surface area contributed by atoms with Crippen LogP contribution in [0.25, 0.3) is 0 Å². The lowest BCUT2D eigenvalue weighted by molar-refractivity contribution is 0.0344. The van der Waals surface area contributed by atoms with E-state index in [4.69, 9.17) is 0 Å². The standard InChI is InChI=1S/C14H24BrN5O/c1-4-16-12-11(15)13(18-10-17-12)20-7-5-19(6-8-20)9-14(2,3)21/h10,21H,4-9H2,1-3H3,(H,16,17,18). The summed E-state index contributed by atoms with van der Waals surface area (Å²) in [6, 6.07) is 0. The van der Waals surface area contributed by atoms with Gasteiger partial charge < -0.3 is 15.3 Å². The average molecular weight is 358 g/mol. The molecule has 0 amide bonds. The Morgan fingerprint density at radius 2 is 1.95 bits per heavy atom. The van der Waals surface area contributed by atoms with Gasteiger partial charge >= 0.3 is 0 Å². The van der Waals surface area contributed by atoms with Gasteiger partial charge in [0.25, 0.3) is 0 Å².